The van der Waals surface area contributed by atoms with Crippen LogP contribution in [0.3, 0.4) is 0 Å². The van der Waals surface area contributed by atoms with E-state index in [0.29, 0.717) is 12.4 Å². The molecule has 0 spiro atoms. The molecule has 0 saturated carbocycles. The minimum atomic E-state index is -0.273. The number of aromatic nitrogens is 1. The first-order chi connectivity index (χ1) is 10.3. The molecule has 0 aliphatic carbocycles. The normalized spacial score (nSPS) is 12.5. The number of hydrogen-bond donors (Lipinski definition) is 2. The van der Waals surface area contributed by atoms with E-state index in [4.69, 9.17) is 15.0 Å². The Bertz CT molecular complexity index is 706. The molecule has 5 nitrogen and oxygen atoms in total. The second-order valence-electron chi connectivity index (χ2n) is 4.67. The van der Waals surface area contributed by atoms with Gasteiger partial charge in [0.15, 0.2) is 0 Å². The second-order valence-corrected chi connectivity index (χ2v) is 4.67. The maximum atomic E-state index is 5.86. The molecule has 0 radical (unpaired) electrons. The maximum absolute atomic E-state index is 5.86. The number of nitrogens with two attached hydrogens (primary N) is 1. The van der Waals surface area contributed by atoms with Crippen molar-refractivity contribution in [2.45, 2.75) is 13.0 Å². The van der Waals surface area contributed by atoms with Crippen molar-refractivity contribution < 1.29 is 9.15 Å². The fourth-order valence-electron chi connectivity index (χ4n) is 2.33. The first kappa shape index (κ1) is 13.6. The Morgan fingerprint density at radius 1 is 1.29 bits per heavy atom. The molecule has 0 bridgehead atoms. The van der Waals surface area contributed by atoms with Gasteiger partial charge in [-0.3, -0.25) is 10.8 Å². The number of ether oxygens (including phenoxy) is 1. The predicted molar refractivity (Wildman–Crippen MR) is 80.8 cm³/mol. The van der Waals surface area contributed by atoms with E-state index >= 15 is 0 Å². The van der Waals surface area contributed by atoms with Crippen LogP contribution in [0.4, 0.5) is 0 Å². The van der Waals surface area contributed by atoms with Gasteiger partial charge in [0.2, 0.25) is 0 Å². The molecule has 3 aromatic rings. The summed E-state index contributed by atoms with van der Waals surface area (Å²) in [7, 11) is 0. The number of hydrogen-bond acceptors (Lipinski definition) is 5. The van der Waals surface area contributed by atoms with Crippen molar-refractivity contribution in [2.75, 3.05) is 6.61 Å². The third-order valence-corrected chi connectivity index (χ3v) is 3.27. The Hall–Kier alpha value is -2.37. The Kier molecular flexibility index (Phi) is 3.85. The van der Waals surface area contributed by atoms with Crippen molar-refractivity contribution in [2.24, 2.45) is 5.84 Å². The second kappa shape index (κ2) is 5.95. The first-order valence-electron chi connectivity index (χ1n) is 6.84. The molecule has 0 amide bonds. The van der Waals surface area contributed by atoms with E-state index in [-0.39, 0.29) is 6.04 Å². The molecule has 5 heteroatoms. The quantitative estimate of drug-likeness (QED) is 0.556. The van der Waals surface area contributed by atoms with Crippen LogP contribution in [-0.4, -0.2) is 11.6 Å². The van der Waals surface area contributed by atoms with Gasteiger partial charge < -0.3 is 9.15 Å². The van der Waals surface area contributed by atoms with Gasteiger partial charge in [-0.05, 0) is 30.7 Å². The standard InChI is InChI=1S/C16H17N3O2/c1-2-20-13-7-12(9-18-10-13)16(19-17)15-8-11-5-3-4-6-14(11)21-15/h3-10,16,19H,2,17H2,1H3. The smallest absolute Gasteiger partial charge is 0.137 e. The minimum absolute atomic E-state index is 0.273. The highest BCUT2D eigenvalue weighted by Gasteiger charge is 2.18. The number of fused-ring (bicyclic) bond motifs is 1. The third kappa shape index (κ3) is 2.74. The van der Waals surface area contributed by atoms with Crippen molar-refractivity contribution >= 4 is 11.0 Å². The van der Waals surface area contributed by atoms with Crippen molar-refractivity contribution in [1.29, 1.82) is 0 Å². The molecule has 108 valence electrons. The molecule has 1 atom stereocenters. The number of hydrazine groups is 1. The average molecular weight is 283 g/mol. The maximum Gasteiger partial charge on any atom is 0.137 e. The van der Waals surface area contributed by atoms with Crippen LogP contribution in [-0.2, 0) is 0 Å². The van der Waals surface area contributed by atoms with Crippen LogP contribution in [0.25, 0.3) is 11.0 Å². The molecule has 0 saturated heterocycles. The van der Waals surface area contributed by atoms with Gasteiger partial charge in [-0.15, -0.1) is 0 Å². The van der Waals surface area contributed by atoms with Crippen LogP contribution in [0.1, 0.15) is 24.3 Å². The van der Waals surface area contributed by atoms with Gasteiger partial charge in [0.05, 0.1) is 12.8 Å². The number of benzene rings is 1. The van der Waals surface area contributed by atoms with Crippen LogP contribution < -0.4 is 16.0 Å². The van der Waals surface area contributed by atoms with E-state index in [9.17, 15) is 0 Å². The van der Waals surface area contributed by atoms with E-state index in [1.54, 1.807) is 12.4 Å². The van der Waals surface area contributed by atoms with Crippen LogP contribution in [0.5, 0.6) is 5.75 Å². The van der Waals surface area contributed by atoms with Gasteiger partial charge >= 0.3 is 0 Å². The van der Waals surface area contributed by atoms with E-state index in [1.165, 1.54) is 0 Å². The summed E-state index contributed by atoms with van der Waals surface area (Å²) < 4.78 is 11.3. The fraction of sp³-hybridized carbons (Fsp3) is 0.188. The first-order valence-corrected chi connectivity index (χ1v) is 6.84. The van der Waals surface area contributed by atoms with Gasteiger partial charge in [0.1, 0.15) is 23.1 Å². The van der Waals surface area contributed by atoms with Crippen LogP contribution in [0, 0.1) is 0 Å². The molecule has 0 fully saturated rings. The lowest BCUT2D eigenvalue weighted by molar-refractivity contribution is 0.338. The number of rotatable bonds is 5. The summed E-state index contributed by atoms with van der Waals surface area (Å²) >= 11 is 0. The van der Waals surface area contributed by atoms with E-state index in [1.807, 2.05) is 43.3 Å². The van der Waals surface area contributed by atoms with Crippen LogP contribution >= 0.6 is 0 Å². The average Bonchev–Trinajstić information content (AvgIpc) is 2.92. The largest absolute Gasteiger partial charge is 0.492 e. The molecular formula is C16H17N3O2. The van der Waals surface area contributed by atoms with Crippen molar-refractivity contribution in [1.82, 2.24) is 10.4 Å². The summed E-state index contributed by atoms with van der Waals surface area (Å²) in [5, 5.41) is 1.04. The summed E-state index contributed by atoms with van der Waals surface area (Å²) in [6.07, 6.45) is 3.43. The van der Waals surface area contributed by atoms with Crippen molar-refractivity contribution in [3.05, 3.63) is 60.1 Å². The number of para-hydroxylation sites is 1. The van der Waals surface area contributed by atoms with Crippen LogP contribution in [0.15, 0.2) is 53.2 Å². The zero-order valence-electron chi connectivity index (χ0n) is 11.7. The van der Waals surface area contributed by atoms with Crippen molar-refractivity contribution in [3.8, 4) is 5.75 Å². The highest BCUT2D eigenvalue weighted by Crippen LogP contribution is 2.28. The molecule has 3 rings (SSSR count). The topological polar surface area (TPSA) is 73.3 Å². The van der Waals surface area contributed by atoms with Gasteiger partial charge in [0.25, 0.3) is 0 Å². The SMILES string of the molecule is CCOc1cncc(C(NN)c2cc3ccccc3o2)c1. The summed E-state index contributed by atoms with van der Waals surface area (Å²) in [4.78, 5) is 4.19. The molecule has 0 aliphatic heterocycles. The molecule has 2 aromatic heterocycles. The third-order valence-electron chi connectivity index (χ3n) is 3.27. The summed E-state index contributed by atoms with van der Waals surface area (Å²) in [6.45, 7) is 2.53. The Morgan fingerprint density at radius 3 is 2.90 bits per heavy atom. The Morgan fingerprint density at radius 2 is 2.14 bits per heavy atom. The van der Waals surface area contributed by atoms with Crippen molar-refractivity contribution in [3.63, 3.8) is 0 Å². The van der Waals surface area contributed by atoms with Gasteiger partial charge in [-0.25, -0.2) is 5.43 Å². The lowest BCUT2D eigenvalue weighted by Gasteiger charge is -2.14. The number of nitrogens with one attached hydrogen (secondary N) is 1. The molecule has 1 unspecified atom stereocenters. The number of nitrogens with zero attached hydrogens (tertiary/aromatic N) is 1. The van der Waals surface area contributed by atoms with Gasteiger partial charge in [0, 0.05) is 11.6 Å². The number of pyridine rings is 1. The fourth-order valence-corrected chi connectivity index (χ4v) is 2.33. The van der Waals surface area contributed by atoms with Gasteiger partial charge in [-0.1, -0.05) is 18.2 Å². The van der Waals surface area contributed by atoms with E-state index < -0.39 is 0 Å². The molecular weight excluding hydrogens is 266 g/mol. The minimum Gasteiger partial charge on any atom is -0.492 e. The predicted octanol–water partition coefficient (Wildman–Crippen LogP) is 2.78. The molecule has 2 heterocycles. The highest BCUT2D eigenvalue weighted by molar-refractivity contribution is 5.77. The molecule has 1 aromatic carbocycles. The lowest BCUT2D eigenvalue weighted by atomic mass is 10.1. The monoisotopic (exact) mass is 283 g/mol. The summed E-state index contributed by atoms with van der Waals surface area (Å²) in [6, 6.07) is 11.5. The molecule has 21 heavy (non-hydrogen) atoms. The zero-order valence-corrected chi connectivity index (χ0v) is 11.7. The lowest BCUT2D eigenvalue weighted by Crippen LogP contribution is -2.28. The Labute approximate surface area is 122 Å². The summed E-state index contributed by atoms with van der Waals surface area (Å²) in [5.41, 5.74) is 4.50. The summed E-state index contributed by atoms with van der Waals surface area (Å²) in [5.74, 6) is 7.16. The van der Waals surface area contributed by atoms with Crippen LogP contribution in [0.2, 0.25) is 0 Å². The Balaban J connectivity index is 1.99. The number of furan rings is 1. The van der Waals surface area contributed by atoms with Gasteiger partial charge in [-0.2, -0.15) is 0 Å². The molecule has 3 N–H and O–H groups in total. The zero-order chi connectivity index (χ0) is 14.7. The van der Waals surface area contributed by atoms with E-state index in [0.717, 1.165) is 22.3 Å². The molecule has 0 aliphatic rings. The van der Waals surface area contributed by atoms with E-state index in [2.05, 4.69) is 10.4 Å². The highest BCUT2D eigenvalue weighted by atomic mass is 16.5.